The van der Waals surface area contributed by atoms with E-state index in [9.17, 15) is 1.37 Å². The Balaban J connectivity index is 1.14. The van der Waals surface area contributed by atoms with E-state index in [1.807, 2.05) is 115 Å². The van der Waals surface area contributed by atoms with Gasteiger partial charge < -0.3 is 4.42 Å². The van der Waals surface area contributed by atoms with Crippen LogP contribution in [0.3, 0.4) is 0 Å². The summed E-state index contributed by atoms with van der Waals surface area (Å²) >= 11 is 0. The average Bonchev–Trinajstić information content (AvgIpc) is 3.80. The third kappa shape index (κ3) is 6.71. The number of aromatic nitrogens is 3. The van der Waals surface area contributed by atoms with Crippen molar-refractivity contribution < 1.29 is 14.0 Å². The Labute approximate surface area is 374 Å². The van der Waals surface area contributed by atoms with Crippen molar-refractivity contribution in [2.75, 3.05) is 0 Å². The highest BCUT2D eigenvalue weighted by Crippen LogP contribution is 2.40. The zero-order chi connectivity index (χ0) is 47.8. The van der Waals surface area contributed by atoms with E-state index in [1.165, 1.54) is 0 Å². The number of nitrogens with zero attached hydrogens (tertiary/aromatic N) is 3. The van der Waals surface area contributed by atoms with Crippen molar-refractivity contribution in [3.8, 4) is 78.7 Å². The standard InChI is InChI=1S/C59H37N3O/c1-3-14-38(15-4-1)41-20-11-21-46(34-41)57-60-58(62-59(61-57)53-25-13-27-55-56(53)52-23-9-10-26-54(52)63-55)49-36-47(35-48(37-49)51-24-12-19-40-18-7-8-22-50(40)51)45-31-30-43-32-42(28-29-44(43)33-45)39-16-5-2-6-17-39/h1-37H/i7D,8D,12D,18D,19D,22D,24D. The largest absolute Gasteiger partial charge is 0.456 e. The first kappa shape index (κ1) is 29.7. The maximum absolute atomic E-state index is 9.40. The van der Waals surface area contributed by atoms with E-state index in [0.717, 1.165) is 66.1 Å². The van der Waals surface area contributed by atoms with E-state index in [0.29, 0.717) is 39.7 Å². The van der Waals surface area contributed by atoms with Gasteiger partial charge in [0.05, 0.1) is 9.60 Å². The Morgan fingerprint density at radius 1 is 0.317 bits per heavy atom. The van der Waals surface area contributed by atoms with Crippen LogP contribution >= 0.6 is 0 Å². The van der Waals surface area contributed by atoms with Crippen LogP contribution in [0.4, 0.5) is 0 Å². The Kier molecular flexibility index (Phi) is 7.17. The lowest BCUT2D eigenvalue weighted by Crippen LogP contribution is -2.01. The summed E-state index contributed by atoms with van der Waals surface area (Å²) < 4.78 is 68.8. The molecule has 294 valence electrons. The molecular formula is C59H37N3O. The van der Waals surface area contributed by atoms with Crippen LogP contribution in [0, 0.1) is 0 Å². The highest BCUT2D eigenvalue weighted by Gasteiger charge is 2.20. The molecule has 0 saturated heterocycles. The predicted octanol–water partition coefficient (Wildman–Crippen LogP) is 15.7. The predicted molar refractivity (Wildman–Crippen MR) is 260 cm³/mol. The van der Waals surface area contributed by atoms with Crippen LogP contribution in [0.15, 0.2) is 229 Å². The third-order valence-electron chi connectivity index (χ3n) is 11.6. The van der Waals surface area contributed by atoms with Crippen molar-refractivity contribution in [3.63, 3.8) is 0 Å². The molecular weight excluding hydrogens is 767 g/mol. The zero-order valence-electron chi connectivity index (χ0n) is 40.6. The van der Waals surface area contributed by atoms with Gasteiger partial charge in [0.25, 0.3) is 0 Å². The Morgan fingerprint density at radius 3 is 1.67 bits per heavy atom. The van der Waals surface area contributed by atoms with Gasteiger partial charge in [0, 0.05) is 27.5 Å². The SMILES string of the molecule is [2H]c1c([2H])c([2H])c2c(-c3cc(-c4ccc5cc(-c6ccccc6)ccc5c4)cc(-c4nc(-c5cccc(-c6ccccc6)c5)nc(-c5cccc6oc7ccccc7c56)n4)c3)c([2H])c([2H])c([2H])c2c1[2H]. The lowest BCUT2D eigenvalue weighted by molar-refractivity contribution is 0.669. The van der Waals surface area contributed by atoms with Crippen LogP contribution in [-0.4, -0.2) is 15.0 Å². The number of fused-ring (bicyclic) bond motifs is 5. The van der Waals surface area contributed by atoms with Crippen LogP contribution in [-0.2, 0) is 0 Å². The van der Waals surface area contributed by atoms with E-state index in [4.69, 9.17) is 27.6 Å². The van der Waals surface area contributed by atoms with Gasteiger partial charge in [-0.2, -0.15) is 0 Å². The first-order valence-electron chi connectivity index (χ1n) is 24.2. The zero-order valence-corrected chi connectivity index (χ0v) is 33.6. The molecule has 63 heavy (non-hydrogen) atoms. The Morgan fingerprint density at radius 2 is 0.873 bits per heavy atom. The summed E-state index contributed by atoms with van der Waals surface area (Å²) in [6.07, 6.45) is 0. The highest BCUT2D eigenvalue weighted by molar-refractivity contribution is 6.12. The molecule has 0 radical (unpaired) electrons. The maximum atomic E-state index is 9.40. The average molecular weight is 811 g/mol. The molecule has 0 aliphatic rings. The van der Waals surface area contributed by atoms with Gasteiger partial charge in [-0.1, -0.05) is 176 Å². The molecule has 10 aromatic carbocycles. The monoisotopic (exact) mass is 810 g/mol. The molecule has 0 unspecified atom stereocenters. The van der Waals surface area contributed by atoms with E-state index < -0.39 is 36.3 Å². The lowest BCUT2D eigenvalue weighted by atomic mass is 9.92. The molecule has 0 amide bonds. The molecule has 2 aromatic heterocycles. The minimum atomic E-state index is -0.517. The van der Waals surface area contributed by atoms with Crippen molar-refractivity contribution in [1.29, 1.82) is 0 Å². The summed E-state index contributed by atoms with van der Waals surface area (Å²) in [5, 5.41) is 3.63. The molecule has 4 nitrogen and oxygen atoms in total. The van der Waals surface area contributed by atoms with Gasteiger partial charge in [0.15, 0.2) is 17.5 Å². The van der Waals surface area contributed by atoms with Gasteiger partial charge >= 0.3 is 0 Å². The van der Waals surface area contributed by atoms with E-state index in [1.54, 1.807) is 6.07 Å². The van der Waals surface area contributed by atoms with E-state index in [2.05, 4.69) is 60.7 Å². The number of hydrogen-bond donors (Lipinski definition) is 0. The van der Waals surface area contributed by atoms with Crippen LogP contribution in [0.5, 0.6) is 0 Å². The quantitative estimate of drug-likeness (QED) is 0.161. The van der Waals surface area contributed by atoms with Crippen molar-refractivity contribution >= 4 is 43.5 Å². The fraction of sp³-hybridized carbons (Fsp3) is 0. The van der Waals surface area contributed by atoms with Crippen molar-refractivity contribution in [1.82, 2.24) is 15.0 Å². The number of furan rings is 1. The minimum Gasteiger partial charge on any atom is -0.456 e. The second kappa shape index (κ2) is 15.2. The van der Waals surface area contributed by atoms with Crippen LogP contribution in [0.25, 0.3) is 122 Å². The molecule has 2 heterocycles. The second-order valence-corrected chi connectivity index (χ2v) is 15.5. The van der Waals surface area contributed by atoms with Crippen molar-refractivity contribution in [2.24, 2.45) is 0 Å². The number of benzene rings is 10. The molecule has 0 N–H and O–H groups in total. The van der Waals surface area contributed by atoms with E-state index >= 15 is 0 Å². The summed E-state index contributed by atoms with van der Waals surface area (Å²) in [6.45, 7) is 0. The molecule has 0 aliphatic heterocycles. The van der Waals surface area contributed by atoms with Crippen molar-refractivity contribution in [2.45, 2.75) is 0 Å². The van der Waals surface area contributed by atoms with Gasteiger partial charge in [-0.05, 0) is 115 Å². The summed E-state index contributed by atoms with van der Waals surface area (Å²) in [7, 11) is 0. The molecule has 0 atom stereocenters. The fourth-order valence-electron chi connectivity index (χ4n) is 8.52. The first-order valence-corrected chi connectivity index (χ1v) is 20.7. The Bertz CT molecular complexity index is 4090. The molecule has 0 bridgehead atoms. The van der Waals surface area contributed by atoms with Crippen molar-refractivity contribution in [3.05, 3.63) is 224 Å². The van der Waals surface area contributed by atoms with Gasteiger partial charge in [-0.15, -0.1) is 0 Å². The summed E-state index contributed by atoms with van der Waals surface area (Å²) in [5.41, 5.74) is 9.61. The molecule has 0 saturated carbocycles. The molecule has 4 heteroatoms. The van der Waals surface area contributed by atoms with Crippen LogP contribution in [0.2, 0.25) is 0 Å². The molecule has 0 aliphatic carbocycles. The fourth-order valence-corrected chi connectivity index (χ4v) is 8.52. The highest BCUT2D eigenvalue weighted by atomic mass is 16.3. The smallest absolute Gasteiger partial charge is 0.164 e. The van der Waals surface area contributed by atoms with Gasteiger partial charge in [0.2, 0.25) is 0 Å². The molecule has 0 fully saturated rings. The maximum Gasteiger partial charge on any atom is 0.164 e. The number of para-hydroxylation sites is 1. The van der Waals surface area contributed by atoms with Crippen LogP contribution in [0.1, 0.15) is 9.60 Å². The number of hydrogen-bond acceptors (Lipinski definition) is 4. The van der Waals surface area contributed by atoms with Gasteiger partial charge in [-0.25, -0.2) is 15.0 Å². The minimum absolute atomic E-state index is 0.0136. The summed E-state index contributed by atoms with van der Waals surface area (Å²) in [6, 6.07) is 57.0. The van der Waals surface area contributed by atoms with Crippen LogP contribution < -0.4 is 0 Å². The number of rotatable bonds is 7. The normalized spacial score (nSPS) is 13.0. The van der Waals surface area contributed by atoms with Gasteiger partial charge in [0.1, 0.15) is 11.2 Å². The topological polar surface area (TPSA) is 51.8 Å². The molecule has 12 aromatic rings. The summed E-state index contributed by atoms with van der Waals surface area (Å²) in [4.78, 5) is 15.7. The third-order valence-corrected chi connectivity index (χ3v) is 11.6. The van der Waals surface area contributed by atoms with E-state index in [-0.39, 0.29) is 22.4 Å². The lowest BCUT2D eigenvalue weighted by Gasteiger charge is -2.14. The molecule has 12 rings (SSSR count). The second-order valence-electron chi connectivity index (χ2n) is 15.5. The molecule has 0 spiro atoms. The summed E-state index contributed by atoms with van der Waals surface area (Å²) in [5.74, 6) is 1.09. The Hall–Kier alpha value is -8.47. The van der Waals surface area contributed by atoms with Gasteiger partial charge in [-0.3, -0.25) is 0 Å². The first-order chi connectivity index (χ1) is 34.1.